The van der Waals surface area contributed by atoms with Crippen LogP contribution in [0, 0.1) is 11.5 Å². The summed E-state index contributed by atoms with van der Waals surface area (Å²) in [5, 5.41) is 0. The van der Waals surface area contributed by atoms with Crippen LogP contribution in [0.2, 0.25) is 19.6 Å². The number of thioether (sulfide) groups is 1. The van der Waals surface area contributed by atoms with Crippen molar-refractivity contribution in [1.82, 2.24) is 0 Å². The van der Waals surface area contributed by atoms with Gasteiger partial charge in [0.1, 0.15) is 8.07 Å². The van der Waals surface area contributed by atoms with Crippen LogP contribution < -0.4 is 0 Å². The molecule has 0 aromatic carbocycles. The maximum absolute atomic E-state index is 5.55. The largest absolute Gasteiger partial charge is 0.378 e. The molecule has 0 aromatic rings. The van der Waals surface area contributed by atoms with Gasteiger partial charge in [-0.2, -0.15) is 11.8 Å². The maximum atomic E-state index is 5.55. The van der Waals surface area contributed by atoms with Gasteiger partial charge in [0.25, 0.3) is 0 Å². The molecule has 0 saturated carbocycles. The van der Waals surface area contributed by atoms with Gasteiger partial charge < -0.3 is 4.74 Å². The lowest BCUT2D eigenvalue weighted by Gasteiger charge is -2.06. The molecule has 0 aromatic heterocycles. The monoisotopic (exact) mass is 398 g/mol. The Bertz CT molecular complexity index is 351. The maximum Gasteiger partial charge on any atom is 0.129 e. The Kier molecular flexibility index (Phi) is 18.5. The minimum atomic E-state index is -1.14. The topological polar surface area (TPSA) is 9.23 Å². The van der Waals surface area contributed by atoms with Crippen molar-refractivity contribution in [1.29, 1.82) is 0 Å². The SMILES string of the molecule is CC(C)OCCSCCCCCCCCCCCCCC#C[Si](C)(C)C. The van der Waals surface area contributed by atoms with Crippen LogP contribution in [0.4, 0.5) is 0 Å². The Labute approximate surface area is 170 Å². The highest BCUT2D eigenvalue weighted by Gasteiger charge is 2.06. The zero-order valence-electron chi connectivity index (χ0n) is 18.5. The second-order valence-electron chi connectivity index (χ2n) is 8.72. The molecule has 0 heterocycles. The lowest BCUT2D eigenvalue weighted by Crippen LogP contribution is -2.16. The van der Waals surface area contributed by atoms with Gasteiger partial charge in [0, 0.05) is 12.2 Å². The zero-order chi connectivity index (χ0) is 19.5. The highest BCUT2D eigenvalue weighted by Crippen LogP contribution is 2.13. The predicted octanol–water partition coefficient (Wildman–Crippen LogP) is 7.71. The van der Waals surface area contributed by atoms with Crippen molar-refractivity contribution < 1.29 is 4.74 Å². The van der Waals surface area contributed by atoms with Crippen LogP contribution in [-0.4, -0.2) is 32.3 Å². The van der Waals surface area contributed by atoms with Crippen LogP contribution >= 0.6 is 11.8 Å². The third kappa shape index (κ3) is 24.1. The number of ether oxygens (including phenoxy) is 1. The molecular formula is C23H46OSSi. The molecule has 26 heavy (non-hydrogen) atoms. The number of rotatable bonds is 17. The molecule has 0 spiro atoms. The smallest absolute Gasteiger partial charge is 0.129 e. The molecule has 0 aliphatic heterocycles. The summed E-state index contributed by atoms with van der Waals surface area (Å²) in [7, 11) is -1.14. The molecule has 0 N–H and O–H groups in total. The first-order valence-electron chi connectivity index (χ1n) is 11.1. The van der Waals surface area contributed by atoms with E-state index in [1.807, 2.05) is 11.8 Å². The fourth-order valence-corrected chi connectivity index (χ4v) is 4.26. The van der Waals surface area contributed by atoms with E-state index in [0.717, 1.165) is 18.8 Å². The molecule has 154 valence electrons. The van der Waals surface area contributed by atoms with Crippen LogP contribution in [0.3, 0.4) is 0 Å². The van der Waals surface area contributed by atoms with E-state index in [2.05, 4.69) is 45.0 Å². The van der Waals surface area contributed by atoms with Crippen molar-refractivity contribution in [3.8, 4) is 11.5 Å². The minimum Gasteiger partial charge on any atom is -0.378 e. The summed E-state index contributed by atoms with van der Waals surface area (Å²) in [6.07, 6.45) is 17.0. The molecule has 0 radical (unpaired) electrons. The molecular weight excluding hydrogens is 352 g/mol. The standard InChI is InChI=1S/C23H46OSSi/c1-23(2)24-19-21-25-20-17-15-13-11-9-7-6-8-10-12-14-16-18-22-26(3,4)5/h23H,6-17,19-21H2,1-5H3. The van der Waals surface area contributed by atoms with Crippen molar-refractivity contribution in [2.24, 2.45) is 0 Å². The summed E-state index contributed by atoms with van der Waals surface area (Å²) in [4.78, 5) is 0. The van der Waals surface area contributed by atoms with Gasteiger partial charge in [-0.25, -0.2) is 0 Å². The second kappa shape index (κ2) is 18.5. The van der Waals surface area contributed by atoms with E-state index in [-0.39, 0.29) is 0 Å². The van der Waals surface area contributed by atoms with Crippen molar-refractivity contribution >= 4 is 19.8 Å². The first-order chi connectivity index (χ1) is 12.4. The van der Waals surface area contributed by atoms with Gasteiger partial charge in [0.05, 0.1) is 12.7 Å². The fraction of sp³-hybridized carbons (Fsp3) is 0.913. The lowest BCUT2D eigenvalue weighted by atomic mass is 10.1. The molecule has 3 heteroatoms. The van der Waals surface area contributed by atoms with Crippen molar-refractivity contribution in [3.05, 3.63) is 0 Å². The molecule has 1 nitrogen and oxygen atoms in total. The van der Waals surface area contributed by atoms with Crippen LogP contribution in [0.5, 0.6) is 0 Å². The van der Waals surface area contributed by atoms with Crippen molar-refractivity contribution in [2.45, 2.75) is 117 Å². The van der Waals surface area contributed by atoms with E-state index >= 15 is 0 Å². The van der Waals surface area contributed by atoms with E-state index in [0.29, 0.717) is 6.10 Å². The Balaban J connectivity index is 3.10. The normalized spacial score (nSPS) is 11.6. The summed E-state index contributed by atoms with van der Waals surface area (Å²) in [5.74, 6) is 5.85. The second-order valence-corrected chi connectivity index (χ2v) is 14.7. The van der Waals surface area contributed by atoms with E-state index in [1.54, 1.807) is 0 Å². The first kappa shape index (κ1) is 26.1. The van der Waals surface area contributed by atoms with Crippen LogP contribution in [0.25, 0.3) is 0 Å². The van der Waals surface area contributed by atoms with Gasteiger partial charge in [-0.1, -0.05) is 77.4 Å². The molecule has 0 unspecified atom stereocenters. The third-order valence-corrected chi connectivity index (χ3v) is 6.19. The molecule has 0 rings (SSSR count). The average molecular weight is 399 g/mol. The number of unbranched alkanes of at least 4 members (excludes halogenated alkanes) is 11. The van der Waals surface area contributed by atoms with Crippen LogP contribution in [0.1, 0.15) is 90.9 Å². The summed E-state index contributed by atoms with van der Waals surface area (Å²) in [6, 6.07) is 0. The third-order valence-electron chi connectivity index (χ3n) is 4.23. The van der Waals surface area contributed by atoms with Gasteiger partial charge >= 0.3 is 0 Å². The first-order valence-corrected chi connectivity index (χ1v) is 15.8. The molecule has 0 saturated heterocycles. The van der Waals surface area contributed by atoms with Gasteiger partial charge in [-0.3, -0.25) is 0 Å². The van der Waals surface area contributed by atoms with Gasteiger partial charge in [-0.05, 0) is 32.4 Å². The average Bonchev–Trinajstić information content (AvgIpc) is 2.55. The summed E-state index contributed by atoms with van der Waals surface area (Å²) >= 11 is 2.05. The number of hydrogen-bond acceptors (Lipinski definition) is 2. The molecule has 0 aliphatic carbocycles. The number of hydrogen-bond donors (Lipinski definition) is 0. The van der Waals surface area contributed by atoms with Gasteiger partial charge in [-0.15, -0.1) is 11.5 Å². The van der Waals surface area contributed by atoms with E-state index < -0.39 is 8.07 Å². The van der Waals surface area contributed by atoms with Gasteiger partial charge in [0.2, 0.25) is 0 Å². The Morgan fingerprint density at radius 1 is 0.731 bits per heavy atom. The highest BCUT2D eigenvalue weighted by molar-refractivity contribution is 7.99. The van der Waals surface area contributed by atoms with Crippen LogP contribution in [-0.2, 0) is 4.74 Å². The summed E-state index contributed by atoms with van der Waals surface area (Å²) in [6.45, 7) is 12.1. The molecule has 0 bridgehead atoms. The molecule has 0 aliphatic rings. The fourth-order valence-electron chi connectivity index (χ4n) is 2.78. The Hall–Kier alpha value is 0.0869. The van der Waals surface area contributed by atoms with E-state index in [9.17, 15) is 0 Å². The molecule has 0 atom stereocenters. The van der Waals surface area contributed by atoms with Gasteiger partial charge in [0.15, 0.2) is 0 Å². The summed E-state index contributed by atoms with van der Waals surface area (Å²) < 4.78 is 5.55. The predicted molar refractivity (Wildman–Crippen MR) is 125 cm³/mol. The highest BCUT2D eigenvalue weighted by atomic mass is 32.2. The molecule has 0 amide bonds. The van der Waals surface area contributed by atoms with Crippen molar-refractivity contribution in [2.75, 3.05) is 18.1 Å². The van der Waals surface area contributed by atoms with E-state index in [4.69, 9.17) is 4.74 Å². The van der Waals surface area contributed by atoms with Crippen LogP contribution in [0.15, 0.2) is 0 Å². The Morgan fingerprint density at radius 3 is 1.73 bits per heavy atom. The Morgan fingerprint density at radius 2 is 1.23 bits per heavy atom. The van der Waals surface area contributed by atoms with Crippen molar-refractivity contribution in [3.63, 3.8) is 0 Å². The summed E-state index contributed by atoms with van der Waals surface area (Å²) in [5.41, 5.74) is 3.46. The van der Waals surface area contributed by atoms with E-state index in [1.165, 1.54) is 76.4 Å². The zero-order valence-corrected chi connectivity index (χ0v) is 20.3. The quantitative estimate of drug-likeness (QED) is 0.141. The molecule has 0 fully saturated rings. The minimum absolute atomic E-state index is 0.379. The lowest BCUT2D eigenvalue weighted by molar-refractivity contribution is 0.0920.